The summed E-state index contributed by atoms with van der Waals surface area (Å²) in [5, 5.41) is 12.2. The first kappa shape index (κ1) is 16.3. The highest BCUT2D eigenvalue weighted by atomic mass is 79.9. The first-order valence-corrected chi connectivity index (χ1v) is 7.96. The highest BCUT2D eigenvalue weighted by Gasteiger charge is 2.43. The predicted molar refractivity (Wildman–Crippen MR) is 85.1 cm³/mol. The molecular weight excluding hydrogens is 332 g/mol. The van der Waals surface area contributed by atoms with Crippen molar-refractivity contribution in [2.24, 2.45) is 5.41 Å². The lowest BCUT2D eigenvalue weighted by Crippen LogP contribution is -2.19. The molecule has 1 N–H and O–H groups in total. The molecule has 0 radical (unpaired) electrons. The van der Waals surface area contributed by atoms with Crippen LogP contribution < -0.4 is 10.1 Å². The fourth-order valence-corrected chi connectivity index (χ4v) is 2.51. The van der Waals surface area contributed by atoms with E-state index in [4.69, 9.17) is 14.7 Å². The van der Waals surface area contributed by atoms with Gasteiger partial charge in [0.1, 0.15) is 5.75 Å². The molecule has 1 aliphatic rings. The maximum Gasteiger partial charge on any atom is 0.119 e. The molecule has 1 aliphatic carbocycles. The van der Waals surface area contributed by atoms with E-state index in [2.05, 4.69) is 27.3 Å². The van der Waals surface area contributed by atoms with Gasteiger partial charge >= 0.3 is 0 Å². The summed E-state index contributed by atoms with van der Waals surface area (Å²) in [6.45, 7) is 2.92. The normalized spacial score (nSPS) is 15.5. The van der Waals surface area contributed by atoms with Gasteiger partial charge < -0.3 is 14.8 Å². The predicted octanol–water partition coefficient (Wildman–Crippen LogP) is 3.26. The standard InChI is InChI=1S/C16H21BrN2O2/c1-20-9-8-19-11-13-10-14(2-3-15(13)17)21-12-16(4-5-16)6-7-18/h2-3,10,19H,4-6,8-9,11-12H2,1H3. The van der Waals surface area contributed by atoms with Gasteiger partial charge in [-0.2, -0.15) is 5.26 Å². The Morgan fingerprint density at radius 3 is 2.90 bits per heavy atom. The molecule has 0 unspecified atom stereocenters. The number of benzene rings is 1. The molecule has 0 aliphatic heterocycles. The lowest BCUT2D eigenvalue weighted by atomic mass is 10.1. The second-order valence-electron chi connectivity index (χ2n) is 5.55. The van der Waals surface area contributed by atoms with Gasteiger partial charge in [-0.1, -0.05) is 15.9 Å². The van der Waals surface area contributed by atoms with Crippen molar-refractivity contribution in [1.82, 2.24) is 5.32 Å². The number of nitrogens with one attached hydrogen (secondary N) is 1. The maximum atomic E-state index is 8.83. The van der Waals surface area contributed by atoms with E-state index >= 15 is 0 Å². The lowest BCUT2D eigenvalue weighted by Gasteiger charge is -2.14. The number of nitriles is 1. The molecule has 0 atom stereocenters. The van der Waals surface area contributed by atoms with E-state index in [0.29, 0.717) is 19.6 Å². The van der Waals surface area contributed by atoms with Gasteiger partial charge in [-0.3, -0.25) is 0 Å². The second-order valence-corrected chi connectivity index (χ2v) is 6.40. The van der Waals surface area contributed by atoms with Gasteiger partial charge in [-0.15, -0.1) is 0 Å². The first-order valence-electron chi connectivity index (χ1n) is 7.17. The van der Waals surface area contributed by atoms with Crippen molar-refractivity contribution in [2.45, 2.75) is 25.8 Å². The zero-order chi connectivity index (χ0) is 15.1. The van der Waals surface area contributed by atoms with E-state index in [1.807, 2.05) is 18.2 Å². The molecule has 2 rings (SSSR count). The Labute approximate surface area is 134 Å². The van der Waals surface area contributed by atoms with E-state index in [-0.39, 0.29) is 5.41 Å². The van der Waals surface area contributed by atoms with Gasteiger partial charge in [-0.05, 0) is 36.6 Å². The quantitative estimate of drug-likeness (QED) is 0.693. The monoisotopic (exact) mass is 352 g/mol. The molecule has 4 nitrogen and oxygen atoms in total. The molecule has 0 spiro atoms. The van der Waals surface area contributed by atoms with Crippen LogP contribution in [0.25, 0.3) is 0 Å². The Kier molecular flexibility index (Phi) is 6.04. The van der Waals surface area contributed by atoms with Crippen LogP contribution >= 0.6 is 15.9 Å². The molecule has 0 bridgehead atoms. The van der Waals surface area contributed by atoms with Crippen molar-refractivity contribution >= 4 is 15.9 Å². The summed E-state index contributed by atoms with van der Waals surface area (Å²) < 4.78 is 12.0. The van der Waals surface area contributed by atoms with Crippen LogP contribution in [0.2, 0.25) is 0 Å². The number of rotatable bonds is 9. The van der Waals surface area contributed by atoms with Crippen LogP contribution in [0.15, 0.2) is 22.7 Å². The minimum Gasteiger partial charge on any atom is -0.493 e. The van der Waals surface area contributed by atoms with Crippen molar-refractivity contribution in [2.75, 3.05) is 26.9 Å². The van der Waals surface area contributed by atoms with E-state index < -0.39 is 0 Å². The number of nitrogens with zero attached hydrogens (tertiary/aromatic N) is 1. The molecule has 1 aromatic rings. The Morgan fingerprint density at radius 2 is 2.24 bits per heavy atom. The summed E-state index contributed by atoms with van der Waals surface area (Å²) in [6.07, 6.45) is 2.79. The van der Waals surface area contributed by atoms with Crippen LogP contribution in [0.4, 0.5) is 0 Å². The number of halogens is 1. The zero-order valence-electron chi connectivity index (χ0n) is 12.3. The molecule has 5 heteroatoms. The molecular formula is C16H21BrN2O2. The van der Waals surface area contributed by atoms with Crippen LogP contribution in [0.5, 0.6) is 5.75 Å². The first-order chi connectivity index (χ1) is 10.2. The Bertz CT molecular complexity index is 509. The largest absolute Gasteiger partial charge is 0.493 e. The van der Waals surface area contributed by atoms with E-state index in [9.17, 15) is 0 Å². The Morgan fingerprint density at radius 1 is 1.43 bits per heavy atom. The van der Waals surface area contributed by atoms with Crippen LogP contribution in [0.3, 0.4) is 0 Å². The number of methoxy groups -OCH3 is 1. The molecule has 114 valence electrons. The van der Waals surface area contributed by atoms with E-state index in [1.165, 1.54) is 0 Å². The summed E-state index contributed by atoms with van der Waals surface area (Å²) in [5.74, 6) is 0.867. The number of hydrogen-bond acceptors (Lipinski definition) is 4. The smallest absolute Gasteiger partial charge is 0.119 e. The van der Waals surface area contributed by atoms with Crippen molar-refractivity contribution in [3.05, 3.63) is 28.2 Å². The molecule has 0 aromatic heterocycles. The number of ether oxygens (including phenoxy) is 2. The molecule has 1 aromatic carbocycles. The average molecular weight is 353 g/mol. The molecule has 21 heavy (non-hydrogen) atoms. The minimum atomic E-state index is 0.110. The second kappa shape index (κ2) is 7.79. The molecule has 0 saturated heterocycles. The summed E-state index contributed by atoms with van der Waals surface area (Å²) in [4.78, 5) is 0. The zero-order valence-corrected chi connectivity index (χ0v) is 13.9. The SMILES string of the molecule is COCCNCc1cc(OCC2(CC#N)CC2)ccc1Br. The van der Waals surface area contributed by atoms with Crippen LogP contribution in [0, 0.1) is 16.7 Å². The highest BCUT2D eigenvalue weighted by Crippen LogP contribution is 2.48. The Balaban J connectivity index is 1.87. The third-order valence-corrected chi connectivity index (χ3v) is 4.55. The number of hydrogen-bond donors (Lipinski definition) is 1. The van der Waals surface area contributed by atoms with Gasteiger partial charge in [0.2, 0.25) is 0 Å². The average Bonchev–Trinajstić information content (AvgIpc) is 3.24. The minimum absolute atomic E-state index is 0.110. The third kappa shape index (κ3) is 4.99. The fraction of sp³-hybridized carbons (Fsp3) is 0.562. The summed E-state index contributed by atoms with van der Waals surface area (Å²) >= 11 is 3.56. The summed E-state index contributed by atoms with van der Waals surface area (Å²) in [7, 11) is 1.70. The van der Waals surface area contributed by atoms with E-state index in [1.54, 1.807) is 7.11 Å². The van der Waals surface area contributed by atoms with Crippen LogP contribution in [-0.4, -0.2) is 26.9 Å². The summed E-state index contributed by atoms with van der Waals surface area (Å²) in [5.41, 5.74) is 1.27. The van der Waals surface area contributed by atoms with Crippen molar-refractivity contribution in [3.63, 3.8) is 0 Å². The van der Waals surface area contributed by atoms with Crippen LogP contribution in [0.1, 0.15) is 24.8 Å². The van der Waals surface area contributed by atoms with Gasteiger partial charge in [-0.25, -0.2) is 0 Å². The third-order valence-electron chi connectivity index (χ3n) is 3.77. The van der Waals surface area contributed by atoms with E-state index in [0.717, 1.165) is 41.7 Å². The topological polar surface area (TPSA) is 54.3 Å². The molecule has 1 saturated carbocycles. The molecule has 0 heterocycles. The summed E-state index contributed by atoms with van der Waals surface area (Å²) in [6, 6.07) is 8.28. The fourth-order valence-electron chi connectivity index (χ4n) is 2.13. The van der Waals surface area contributed by atoms with Gasteiger partial charge in [0.05, 0.1) is 19.3 Å². The Hall–Kier alpha value is -1.09. The molecule has 0 amide bonds. The van der Waals surface area contributed by atoms with Crippen molar-refractivity contribution in [3.8, 4) is 11.8 Å². The van der Waals surface area contributed by atoms with Gasteiger partial charge in [0, 0.05) is 36.5 Å². The highest BCUT2D eigenvalue weighted by molar-refractivity contribution is 9.10. The van der Waals surface area contributed by atoms with Crippen LogP contribution in [-0.2, 0) is 11.3 Å². The molecule has 1 fully saturated rings. The van der Waals surface area contributed by atoms with Gasteiger partial charge in [0.25, 0.3) is 0 Å². The van der Waals surface area contributed by atoms with Gasteiger partial charge in [0.15, 0.2) is 0 Å². The van der Waals surface area contributed by atoms with Crippen molar-refractivity contribution in [1.29, 1.82) is 5.26 Å². The maximum absolute atomic E-state index is 8.83. The van der Waals surface area contributed by atoms with Crippen molar-refractivity contribution < 1.29 is 9.47 Å². The lowest BCUT2D eigenvalue weighted by molar-refractivity contribution is 0.199.